The van der Waals surface area contributed by atoms with Crippen molar-refractivity contribution < 1.29 is 9.53 Å². The summed E-state index contributed by atoms with van der Waals surface area (Å²) in [5.41, 5.74) is 0.735. The van der Waals surface area contributed by atoms with Crippen molar-refractivity contribution in [3.05, 3.63) is 29.8 Å². The zero-order chi connectivity index (χ0) is 12.5. The summed E-state index contributed by atoms with van der Waals surface area (Å²) >= 11 is 1.67. The molecule has 3 heteroatoms. The largest absolute Gasteiger partial charge is 0.373 e. The van der Waals surface area contributed by atoms with E-state index in [9.17, 15) is 4.79 Å². The summed E-state index contributed by atoms with van der Waals surface area (Å²) in [4.78, 5) is 12.9. The van der Waals surface area contributed by atoms with Gasteiger partial charge in [0.2, 0.25) is 0 Å². The van der Waals surface area contributed by atoms with Crippen LogP contribution in [0.5, 0.6) is 0 Å². The molecule has 0 atom stereocenters. The van der Waals surface area contributed by atoms with Gasteiger partial charge in [0.25, 0.3) is 0 Å². The highest BCUT2D eigenvalue weighted by Gasteiger charge is 2.05. The molecular formula is C14H20O2S. The molecule has 0 radical (unpaired) electrons. The van der Waals surface area contributed by atoms with Gasteiger partial charge in [-0.3, -0.25) is 4.79 Å². The standard InChI is InChI=1S/C14H20O2S/c1-3-4-5-10-16-11-14(15)12-6-8-13(17-2)9-7-12/h6-9H,3-5,10-11H2,1-2H3. The lowest BCUT2D eigenvalue weighted by Crippen LogP contribution is -2.09. The molecule has 0 aliphatic heterocycles. The van der Waals surface area contributed by atoms with Gasteiger partial charge in [0.1, 0.15) is 6.61 Å². The van der Waals surface area contributed by atoms with Gasteiger partial charge in [0.15, 0.2) is 5.78 Å². The molecule has 1 rings (SSSR count). The number of Topliss-reactive ketones (excluding diaryl/α,β-unsaturated/α-hetero) is 1. The molecule has 0 spiro atoms. The van der Waals surface area contributed by atoms with Crippen molar-refractivity contribution in [2.75, 3.05) is 19.5 Å². The van der Waals surface area contributed by atoms with Crippen molar-refractivity contribution in [1.82, 2.24) is 0 Å². The van der Waals surface area contributed by atoms with Crippen LogP contribution in [0.15, 0.2) is 29.2 Å². The van der Waals surface area contributed by atoms with Crippen LogP contribution in [-0.2, 0) is 4.74 Å². The van der Waals surface area contributed by atoms with Crippen molar-refractivity contribution in [1.29, 1.82) is 0 Å². The highest BCUT2D eigenvalue weighted by atomic mass is 32.2. The number of carbonyl (C=O) groups excluding carboxylic acids is 1. The van der Waals surface area contributed by atoms with Crippen molar-refractivity contribution in [3.63, 3.8) is 0 Å². The smallest absolute Gasteiger partial charge is 0.188 e. The van der Waals surface area contributed by atoms with Gasteiger partial charge in [-0.15, -0.1) is 11.8 Å². The molecule has 1 aromatic carbocycles. The van der Waals surface area contributed by atoms with Crippen LogP contribution in [0.2, 0.25) is 0 Å². The van der Waals surface area contributed by atoms with Gasteiger partial charge in [0, 0.05) is 17.1 Å². The van der Waals surface area contributed by atoms with Crippen LogP contribution < -0.4 is 0 Å². The zero-order valence-corrected chi connectivity index (χ0v) is 11.4. The zero-order valence-electron chi connectivity index (χ0n) is 10.6. The van der Waals surface area contributed by atoms with Crippen LogP contribution in [0, 0.1) is 0 Å². The molecule has 0 saturated carbocycles. The SMILES string of the molecule is CCCCCOCC(=O)c1ccc(SC)cc1. The minimum absolute atomic E-state index is 0.0640. The quantitative estimate of drug-likeness (QED) is 0.400. The van der Waals surface area contributed by atoms with Crippen LogP contribution in [-0.4, -0.2) is 25.3 Å². The molecule has 17 heavy (non-hydrogen) atoms. The Kier molecular flexibility index (Phi) is 6.97. The van der Waals surface area contributed by atoms with Crippen molar-refractivity contribution >= 4 is 17.5 Å². The van der Waals surface area contributed by atoms with Crippen LogP contribution in [0.4, 0.5) is 0 Å². The van der Waals surface area contributed by atoms with Gasteiger partial charge in [0.05, 0.1) is 0 Å². The van der Waals surface area contributed by atoms with Crippen molar-refractivity contribution in [3.8, 4) is 0 Å². The number of ketones is 1. The average molecular weight is 252 g/mol. The van der Waals surface area contributed by atoms with E-state index in [1.54, 1.807) is 11.8 Å². The Morgan fingerprint density at radius 2 is 1.94 bits per heavy atom. The molecule has 0 aliphatic rings. The molecule has 0 bridgehead atoms. The fourth-order valence-electron chi connectivity index (χ4n) is 1.48. The molecule has 0 unspecified atom stereocenters. The van der Waals surface area contributed by atoms with Crippen LogP contribution in [0.1, 0.15) is 36.5 Å². The van der Waals surface area contributed by atoms with E-state index in [-0.39, 0.29) is 12.4 Å². The summed E-state index contributed by atoms with van der Waals surface area (Å²) in [5.74, 6) is 0.0640. The minimum atomic E-state index is 0.0640. The Hall–Kier alpha value is -0.800. The highest BCUT2D eigenvalue weighted by molar-refractivity contribution is 7.98. The van der Waals surface area contributed by atoms with Crippen LogP contribution in [0.25, 0.3) is 0 Å². The summed E-state index contributed by atoms with van der Waals surface area (Å²) < 4.78 is 5.35. The monoisotopic (exact) mass is 252 g/mol. The highest BCUT2D eigenvalue weighted by Crippen LogP contribution is 2.15. The Bertz CT molecular complexity index is 333. The maximum absolute atomic E-state index is 11.7. The number of hydrogen-bond donors (Lipinski definition) is 0. The third-order valence-corrected chi connectivity index (χ3v) is 3.28. The van der Waals surface area contributed by atoms with E-state index < -0.39 is 0 Å². The molecule has 0 heterocycles. The predicted molar refractivity (Wildman–Crippen MR) is 72.9 cm³/mol. The lowest BCUT2D eigenvalue weighted by molar-refractivity contribution is 0.0753. The lowest BCUT2D eigenvalue weighted by atomic mass is 10.1. The maximum Gasteiger partial charge on any atom is 0.188 e. The molecule has 2 nitrogen and oxygen atoms in total. The van der Waals surface area contributed by atoms with E-state index in [1.165, 1.54) is 11.3 Å². The Labute approximate surface area is 108 Å². The van der Waals surface area contributed by atoms with E-state index in [0.29, 0.717) is 6.61 Å². The third kappa shape index (κ3) is 5.37. The summed E-state index contributed by atoms with van der Waals surface area (Å²) in [7, 11) is 0. The second kappa shape index (κ2) is 8.31. The number of benzene rings is 1. The first-order valence-corrected chi connectivity index (χ1v) is 7.25. The van der Waals surface area contributed by atoms with Crippen LogP contribution >= 0.6 is 11.8 Å². The number of thioether (sulfide) groups is 1. The lowest BCUT2D eigenvalue weighted by Gasteiger charge is -2.04. The second-order valence-electron chi connectivity index (χ2n) is 3.91. The molecule has 0 aromatic heterocycles. The van der Waals surface area contributed by atoms with E-state index in [2.05, 4.69) is 6.92 Å². The maximum atomic E-state index is 11.7. The van der Waals surface area contributed by atoms with Crippen molar-refractivity contribution in [2.45, 2.75) is 31.1 Å². The second-order valence-corrected chi connectivity index (χ2v) is 4.79. The molecule has 0 amide bonds. The number of rotatable bonds is 8. The number of hydrogen-bond acceptors (Lipinski definition) is 3. The first kappa shape index (κ1) is 14.3. The van der Waals surface area contributed by atoms with E-state index in [0.717, 1.165) is 18.4 Å². The molecule has 0 aliphatic carbocycles. The number of ether oxygens (including phenoxy) is 1. The summed E-state index contributed by atoms with van der Waals surface area (Å²) in [6.45, 7) is 3.03. The van der Waals surface area contributed by atoms with Gasteiger partial charge in [-0.05, 0) is 24.8 Å². The molecule has 0 fully saturated rings. The van der Waals surface area contributed by atoms with E-state index in [4.69, 9.17) is 4.74 Å². The topological polar surface area (TPSA) is 26.3 Å². The first-order chi connectivity index (χ1) is 8.27. The Morgan fingerprint density at radius 3 is 2.53 bits per heavy atom. The summed E-state index contributed by atoms with van der Waals surface area (Å²) in [6.07, 6.45) is 5.40. The van der Waals surface area contributed by atoms with Crippen LogP contribution in [0.3, 0.4) is 0 Å². The van der Waals surface area contributed by atoms with Crippen molar-refractivity contribution in [2.24, 2.45) is 0 Å². The number of carbonyl (C=O) groups is 1. The molecule has 0 N–H and O–H groups in total. The van der Waals surface area contributed by atoms with Gasteiger partial charge >= 0.3 is 0 Å². The van der Waals surface area contributed by atoms with Gasteiger partial charge < -0.3 is 4.74 Å². The van der Waals surface area contributed by atoms with E-state index >= 15 is 0 Å². The summed E-state index contributed by atoms with van der Waals surface area (Å²) in [6, 6.07) is 7.66. The fourth-order valence-corrected chi connectivity index (χ4v) is 1.89. The fraction of sp³-hybridized carbons (Fsp3) is 0.500. The van der Waals surface area contributed by atoms with Gasteiger partial charge in [-0.2, -0.15) is 0 Å². The van der Waals surface area contributed by atoms with E-state index in [1.807, 2.05) is 30.5 Å². The normalized spacial score (nSPS) is 10.5. The molecular weight excluding hydrogens is 232 g/mol. The number of unbranched alkanes of at least 4 members (excludes halogenated alkanes) is 2. The Morgan fingerprint density at radius 1 is 1.24 bits per heavy atom. The average Bonchev–Trinajstić information content (AvgIpc) is 2.38. The molecule has 0 saturated heterocycles. The molecule has 94 valence electrons. The Balaban J connectivity index is 2.31. The summed E-state index contributed by atoms with van der Waals surface area (Å²) in [5, 5.41) is 0. The first-order valence-electron chi connectivity index (χ1n) is 6.03. The molecule has 1 aromatic rings. The van der Waals surface area contributed by atoms with Gasteiger partial charge in [-0.1, -0.05) is 31.9 Å². The third-order valence-electron chi connectivity index (χ3n) is 2.54. The predicted octanol–water partition coefficient (Wildman–Crippen LogP) is 3.80. The minimum Gasteiger partial charge on any atom is -0.373 e. The van der Waals surface area contributed by atoms with Gasteiger partial charge in [-0.25, -0.2) is 0 Å².